The first-order chi connectivity index (χ1) is 14.3. The number of hydrogen-bond donors (Lipinski definition) is 1. The van der Waals surface area contributed by atoms with Gasteiger partial charge in [-0.3, -0.25) is 4.79 Å². The van der Waals surface area contributed by atoms with Gasteiger partial charge >= 0.3 is 5.97 Å². The summed E-state index contributed by atoms with van der Waals surface area (Å²) >= 11 is 6.42. The molecule has 3 aliphatic rings. The number of fused-ring (bicyclic) bond motifs is 3. The van der Waals surface area contributed by atoms with Crippen LogP contribution in [0.25, 0.3) is 11.3 Å². The number of pyridine rings is 1. The van der Waals surface area contributed by atoms with E-state index >= 15 is 0 Å². The Morgan fingerprint density at radius 3 is 2.57 bits per heavy atom. The molecule has 0 saturated heterocycles. The van der Waals surface area contributed by atoms with Crippen LogP contribution in [-0.2, 0) is 15.6 Å². The first-order valence-corrected chi connectivity index (χ1v) is 12.0. The minimum atomic E-state index is -3.75. The summed E-state index contributed by atoms with van der Waals surface area (Å²) in [5, 5.41) is 9.69. The Kier molecular flexibility index (Phi) is 4.48. The van der Waals surface area contributed by atoms with Gasteiger partial charge in [-0.25, -0.2) is 13.2 Å². The Morgan fingerprint density at radius 2 is 1.93 bits per heavy atom. The lowest BCUT2D eigenvalue weighted by Gasteiger charge is -2.25. The normalized spacial score (nSPS) is 19.1. The molecule has 0 radical (unpaired) electrons. The minimum Gasteiger partial charge on any atom is -0.492 e. The zero-order chi connectivity index (χ0) is 21.2. The number of halogens is 1. The van der Waals surface area contributed by atoms with E-state index in [1.54, 1.807) is 0 Å². The average Bonchev–Trinajstić information content (AvgIpc) is 3.56. The van der Waals surface area contributed by atoms with E-state index in [1.807, 2.05) is 0 Å². The molecule has 0 spiro atoms. The number of aromatic carboxylic acids is 1. The second-order valence-corrected chi connectivity index (χ2v) is 10.6. The van der Waals surface area contributed by atoms with E-state index in [-0.39, 0.29) is 21.7 Å². The highest BCUT2D eigenvalue weighted by atomic mass is 35.5. The van der Waals surface area contributed by atoms with Crippen molar-refractivity contribution in [2.45, 2.75) is 48.8 Å². The molecule has 9 heteroatoms. The zero-order valence-corrected chi connectivity index (χ0v) is 17.6. The average molecular weight is 450 g/mol. The van der Waals surface area contributed by atoms with Gasteiger partial charge < -0.3 is 14.4 Å². The Morgan fingerprint density at radius 1 is 1.20 bits per heavy atom. The molecule has 1 aromatic carbocycles. The molecular formula is C21H20ClNO6S. The van der Waals surface area contributed by atoms with Crippen LogP contribution in [0.1, 0.15) is 54.1 Å². The molecule has 1 N–H and O–H groups in total. The predicted molar refractivity (Wildman–Crippen MR) is 110 cm³/mol. The third kappa shape index (κ3) is 3.32. The Bertz CT molecular complexity index is 1240. The molecular weight excluding hydrogens is 430 g/mol. The maximum absolute atomic E-state index is 13.0. The summed E-state index contributed by atoms with van der Waals surface area (Å²) in [7, 11) is -3.75. The third-order valence-corrected chi connectivity index (χ3v) is 7.90. The van der Waals surface area contributed by atoms with Crippen molar-refractivity contribution in [1.29, 1.82) is 0 Å². The number of nitrogens with zero attached hydrogens (tertiary/aromatic N) is 1. The van der Waals surface area contributed by atoms with E-state index in [4.69, 9.17) is 16.3 Å². The first kappa shape index (κ1) is 19.6. The topological polar surface area (TPSA) is 103 Å². The van der Waals surface area contributed by atoms with Gasteiger partial charge in [-0.15, -0.1) is 0 Å². The number of carboxylic acids is 1. The number of carbonyl (C=O) groups is 1. The van der Waals surface area contributed by atoms with Crippen LogP contribution in [0.15, 0.2) is 27.9 Å². The molecule has 30 heavy (non-hydrogen) atoms. The van der Waals surface area contributed by atoms with Crippen LogP contribution in [-0.4, -0.2) is 30.7 Å². The summed E-state index contributed by atoms with van der Waals surface area (Å²) in [6, 6.07) is 4.02. The van der Waals surface area contributed by atoms with Crippen molar-refractivity contribution in [3.8, 4) is 17.0 Å². The molecule has 2 aliphatic carbocycles. The summed E-state index contributed by atoms with van der Waals surface area (Å²) in [5.41, 5.74) is 0.0608. The van der Waals surface area contributed by atoms with Gasteiger partial charge in [0.2, 0.25) is 0 Å². The fraction of sp³-hybridized carbons (Fsp3) is 0.429. The van der Waals surface area contributed by atoms with Gasteiger partial charge in [0.15, 0.2) is 9.84 Å². The van der Waals surface area contributed by atoms with E-state index in [1.165, 1.54) is 35.6 Å². The summed E-state index contributed by atoms with van der Waals surface area (Å²) < 4.78 is 33.2. The second kappa shape index (κ2) is 6.85. The van der Waals surface area contributed by atoms with Crippen LogP contribution in [0, 0.1) is 5.92 Å². The molecule has 7 nitrogen and oxygen atoms in total. The number of aromatic nitrogens is 1. The summed E-state index contributed by atoms with van der Waals surface area (Å²) in [6.07, 6.45) is 4.79. The lowest BCUT2D eigenvalue weighted by molar-refractivity contribution is 0.0694. The van der Waals surface area contributed by atoms with Gasteiger partial charge in [0.05, 0.1) is 28.0 Å². The van der Waals surface area contributed by atoms with E-state index in [2.05, 4.69) is 0 Å². The summed E-state index contributed by atoms with van der Waals surface area (Å²) in [4.78, 5) is 24.5. The maximum Gasteiger partial charge on any atom is 0.341 e. The third-order valence-electron chi connectivity index (χ3n) is 5.91. The van der Waals surface area contributed by atoms with Gasteiger partial charge in [0.25, 0.3) is 5.56 Å². The Hall–Kier alpha value is -2.32. The molecule has 2 saturated carbocycles. The van der Waals surface area contributed by atoms with E-state index < -0.39 is 26.9 Å². The van der Waals surface area contributed by atoms with Crippen molar-refractivity contribution in [3.63, 3.8) is 0 Å². The van der Waals surface area contributed by atoms with Crippen LogP contribution >= 0.6 is 11.6 Å². The highest BCUT2D eigenvalue weighted by molar-refractivity contribution is 7.90. The monoisotopic (exact) mass is 449 g/mol. The van der Waals surface area contributed by atoms with Crippen LogP contribution < -0.4 is 10.3 Å². The van der Waals surface area contributed by atoms with Crippen LogP contribution in [0.4, 0.5) is 0 Å². The quantitative estimate of drug-likeness (QED) is 0.721. The molecule has 2 fully saturated rings. The van der Waals surface area contributed by atoms with Crippen LogP contribution in [0.2, 0.25) is 5.02 Å². The fourth-order valence-electron chi connectivity index (χ4n) is 4.05. The first-order valence-electron chi connectivity index (χ1n) is 9.97. The van der Waals surface area contributed by atoms with Crippen molar-refractivity contribution in [2.24, 2.45) is 5.92 Å². The van der Waals surface area contributed by atoms with Crippen molar-refractivity contribution >= 4 is 27.4 Å². The molecule has 2 heterocycles. The summed E-state index contributed by atoms with van der Waals surface area (Å²) in [6.45, 7) is 0.467. The van der Waals surface area contributed by atoms with E-state index in [0.717, 1.165) is 19.3 Å². The lowest BCUT2D eigenvalue weighted by Crippen LogP contribution is -2.30. The molecule has 158 valence electrons. The number of ether oxygens (including phenoxy) is 1. The van der Waals surface area contributed by atoms with Crippen molar-refractivity contribution < 1.29 is 23.1 Å². The smallest absolute Gasteiger partial charge is 0.341 e. The predicted octanol–water partition coefficient (Wildman–Crippen LogP) is 3.67. The van der Waals surface area contributed by atoms with Crippen molar-refractivity contribution in [3.05, 3.63) is 44.7 Å². The molecule has 0 atom stereocenters. The zero-order valence-electron chi connectivity index (χ0n) is 16.1. The lowest BCUT2D eigenvalue weighted by atomic mass is 10.0. The highest BCUT2D eigenvalue weighted by Crippen LogP contribution is 2.46. The van der Waals surface area contributed by atoms with Crippen LogP contribution in [0.5, 0.6) is 5.75 Å². The van der Waals surface area contributed by atoms with Crippen LogP contribution in [0.3, 0.4) is 0 Å². The Labute approximate surface area is 178 Å². The fourth-order valence-corrected chi connectivity index (χ4v) is 5.83. The van der Waals surface area contributed by atoms with Gasteiger partial charge in [-0.05, 0) is 42.9 Å². The molecule has 2 aromatic rings. The number of benzene rings is 1. The van der Waals surface area contributed by atoms with Crippen molar-refractivity contribution in [1.82, 2.24) is 4.57 Å². The molecule has 0 amide bonds. The SMILES string of the molecule is O=C(O)c1cc2c(n(C3CC3)c1=O)-c1cc(Cl)c(OCCC3CC3)cc1S(=O)(=O)C2. The Balaban J connectivity index is 1.68. The van der Waals surface area contributed by atoms with Gasteiger partial charge in [-0.2, -0.15) is 0 Å². The van der Waals surface area contributed by atoms with Gasteiger partial charge in [0, 0.05) is 17.7 Å². The molecule has 5 rings (SSSR count). The van der Waals surface area contributed by atoms with Gasteiger partial charge in [0.1, 0.15) is 11.3 Å². The second-order valence-electron chi connectivity index (χ2n) is 8.26. The molecule has 1 aromatic heterocycles. The highest BCUT2D eigenvalue weighted by Gasteiger charge is 2.37. The maximum atomic E-state index is 13.0. The minimum absolute atomic E-state index is 0.0673. The molecule has 1 aliphatic heterocycles. The molecule has 0 bridgehead atoms. The van der Waals surface area contributed by atoms with Gasteiger partial charge in [-0.1, -0.05) is 24.4 Å². The number of hydrogen-bond acceptors (Lipinski definition) is 5. The molecule has 0 unspecified atom stereocenters. The standard InChI is InChI=1S/C21H20ClNO6S/c22-16-8-14-18(9-17(16)29-6-5-11-1-2-11)30(27,28)10-12-7-15(21(25)26)20(24)23(19(12)14)13-3-4-13/h7-9,11,13H,1-6,10H2,(H,25,26). The largest absolute Gasteiger partial charge is 0.492 e. The summed E-state index contributed by atoms with van der Waals surface area (Å²) in [5.74, 6) is -0.747. The number of sulfone groups is 1. The van der Waals surface area contributed by atoms with E-state index in [0.29, 0.717) is 35.1 Å². The van der Waals surface area contributed by atoms with E-state index in [9.17, 15) is 23.1 Å². The number of carboxylic acid groups (broad SMARTS) is 1. The number of rotatable bonds is 6. The van der Waals surface area contributed by atoms with Crippen molar-refractivity contribution in [2.75, 3.05) is 6.61 Å².